The highest BCUT2D eigenvalue weighted by molar-refractivity contribution is 7.92. The van der Waals surface area contributed by atoms with E-state index in [0.29, 0.717) is 5.56 Å². The Labute approximate surface area is 148 Å². The van der Waals surface area contributed by atoms with Gasteiger partial charge in [0.15, 0.2) is 0 Å². The van der Waals surface area contributed by atoms with Crippen LogP contribution in [0.3, 0.4) is 0 Å². The van der Waals surface area contributed by atoms with Gasteiger partial charge < -0.3 is 5.73 Å². The maximum absolute atomic E-state index is 12.4. The van der Waals surface area contributed by atoms with Crippen LogP contribution in [0, 0.1) is 17.0 Å². The molecule has 0 aliphatic carbocycles. The van der Waals surface area contributed by atoms with Crippen molar-refractivity contribution in [3.8, 4) is 0 Å². The molecule has 0 saturated heterocycles. The molecule has 0 spiro atoms. The molecule has 0 unspecified atom stereocenters. The minimum absolute atomic E-state index is 0.0219. The highest BCUT2D eigenvalue weighted by Crippen LogP contribution is 2.30. The second kappa shape index (κ2) is 7.08. The van der Waals surface area contributed by atoms with E-state index in [1.165, 1.54) is 19.1 Å². The first-order chi connectivity index (χ1) is 11.6. The predicted molar refractivity (Wildman–Crippen MR) is 93.0 cm³/mol. The highest BCUT2D eigenvalue weighted by atomic mass is 35.5. The summed E-state index contributed by atoms with van der Waals surface area (Å²) in [5.41, 5.74) is 5.74. The summed E-state index contributed by atoms with van der Waals surface area (Å²) in [6, 6.07) is 8.11. The number of nitrogens with one attached hydrogen (secondary N) is 1. The van der Waals surface area contributed by atoms with Crippen LogP contribution < -0.4 is 10.5 Å². The van der Waals surface area contributed by atoms with Gasteiger partial charge in [0.1, 0.15) is 0 Å². The molecule has 0 aliphatic rings. The monoisotopic (exact) mass is 383 g/mol. The molecule has 3 N–H and O–H groups in total. The maximum Gasteiger partial charge on any atom is 0.275 e. The Kier molecular flexibility index (Phi) is 5.29. The zero-order chi connectivity index (χ0) is 18.8. The van der Waals surface area contributed by atoms with E-state index in [9.17, 15) is 23.3 Å². The van der Waals surface area contributed by atoms with Crippen molar-refractivity contribution in [2.75, 3.05) is 4.72 Å². The predicted octanol–water partition coefficient (Wildman–Crippen LogP) is 2.39. The average Bonchev–Trinajstić information content (AvgIpc) is 2.50. The van der Waals surface area contributed by atoms with Crippen LogP contribution in [0.4, 0.5) is 11.4 Å². The molecule has 8 nitrogen and oxygen atoms in total. The molecular weight excluding hydrogens is 370 g/mol. The lowest BCUT2D eigenvalue weighted by atomic mass is 10.1. The summed E-state index contributed by atoms with van der Waals surface area (Å²) in [6.07, 6.45) is 0.0345. The van der Waals surface area contributed by atoms with Crippen molar-refractivity contribution < 1.29 is 18.1 Å². The summed E-state index contributed by atoms with van der Waals surface area (Å²) in [5.74, 6) is -0.505. The Bertz CT molecular complexity index is 942. The van der Waals surface area contributed by atoms with Crippen LogP contribution >= 0.6 is 11.6 Å². The molecule has 1 amide bonds. The number of nitrogens with zero attached hydrogens (tertiary/aromatic N) is 1. The van der Waals surface area contributed by atoms with Crippen LogP contribution in [0.15, 0.2) is 41.3 Å². The van der Waals surface area contributed by atoms with E-state index in [1.807, 2.05) is 0 Å². The number of hydrogen-bond donors (Lipinski definition) is 2. The van der Waals surface area contributed by atoms with E-state index in [2.05, 4.69) is 4.72 Å². The van der Waals surface area contributed by atoms with Gasteiger partial charge in [-0.1, -0.05) is 23.7 Å². The summed E-state index contributed by atoms with van der Waals surface area (Å²) < 4.78 is 27.2. The number of rotatable bonds is 6. The fourth-order valence-corrected chi connectivity index (χ4v) is 3.47. The molecule has 0 radical (unpaired) electrons. The van der Waals surface area contributed by atoms with Gasteiger partial charge in [0.05, 0.1) is 21.3 Å². The second-order valence-electron chi connectivity index (χ2n) is 5.25. The normalized spacial score (nSPS) is 11.1. The van der Waals surface area contributed by atoms with Crippen LogP contribution in [0.25, 0.3) is 0 Å². The van der Waals surface area contributed by atoms with Gasteiger partial charge in [0, 0.05) is 17.3 Å². The lowest BCUT2D eigenvalue weighted by Gasteiger charge is -2.10. The second-order valence-corrected chi connectivity index (χ2v) is 7.34. The molecule has 0 fully saturated rings. The first-order valence-electron chi connectivity index (χ1n) is 6.95. The number of amides is 1. The van der Waals surface area contributed by atoms with Gasteiger partial charge in [-0.25, -0.2) is 8.42 Å². The number of primary amides is 1. The molecule has 0 aromatic heterocycles. The molecular formula is C15H14ClN3O5S. The minimum atomic E-state index is -4.08. The van der Waals surface area contributed by atoms with E-state index in [-0.39, 0.29) is 33.3 Å². The maximum atomic E-state index is 12.4. The van der Waals surface area contributed by atoms with Crippen molar-refractivity contribution in [1.29, 1.82) is 0 Å². The quantitative estimate of drug-likeness (QED) is 0.583. The molecule has 25 heavy (non-hydrogen) atoms. The molecule has 2 aromatic rings. The number of anilines is 1. The number of sulfonamides is 1. The lowest BCUT2D eigenvalue weighted by molar-refractivity contribution is -0.385. The van der Waals surface area contributed by atoms with Gasteiger partial charge in [-0.3, -0.25) is 19.6 Å². The topological polar surface area (TPSA) is 132 Å². The molecule has 132 valence electrons. The fourth-order valence-electron chi connectivity index (χ4n) is 2.09. The molecule has 0 aliphatic heterocycles. The Hall–Kier alpha value is -2.65. The summed E-state index contributed by atoms with van der Waals surface area (Å²) in [4.78, 5) is 20.9. The van der Waals surface area contributed by atoms with E-state index >= 15 is 0 Å². The number of halogens is 1. The van der Waals surface area contributed by atoms with E-state index in [0.717, 1.165) is 12.1 Å². The summed E-state index contributed by atoms with van der Waals surface area (Å²) in [6.45, 7) is 1.43. The van der Waals surface area contributed by atoms with Crippen molar-refractivity contribution in [3.63, 3.8) is 0 Å². The Morgan fingerprint density at radius 1 is 1.28 bits per heavy atom. The first-order valence-corrected chi connectivity index (χ1v) is 8.81. The van der Waals surface area contributed by atoms with Crippen molar-refractivity contribution >= 4 is 38.9 Å². The fraction of sp³-hybridized carbons (Fsp3) is 0.133. The molecule has 2 aromatic carbocycles. The minimum Gasteiger partial charge on any atom is -0.369 e. The van der Waals surface area contributed by atoms with Gasteiger partial charge in [0.25, 0.3) is 15.7 Å². The SMILES string of the molecule is Cc1c(Cl)cc(S(=O)(=O)Nc2ccc(CC(N)=O)cc2)cc1[N+](=O)[O-]. The summed E-state index contributed by atoms with van der Waals surface area (Å²) >= 11 is 5.90. The third-order valence-corrected chi connectivity index (χ3v) is 5.14. The van der Waals surface area contributed by atoms with Crippen molar-refractivity contribution in [2.24, 2.45) is 5.73 Å². The number of carbonyl (C=O) groups excluding carboxylic acids is 1. The molecule has 2 rings (SSSR count). The Balaban J connectivity index is 2.33. The van der Waals surface area contributed by atoms with E-state index in [4.69, 9.17) is 17.3 Å². The standard InChI is InChI=1S/C15H14ClN3O5S/c1-9-13(16)7-12(8-14(9)19(21)22)25(23,24)18-11-4-2-10(3-5-11)6-15(17)20/h2-5,7-8,18H,6H2,1H3,(H2,17,20). The van der Waals surface area contributed by atoms with Crippen molar-refractivity contribution in [2.45, 2.75) is 18.2 Å². The Morgan fingerprint density at radius 3 is 2.40 bits per heavy atom. The molecule has 0 heterocycles. The average molecular weight is 384 g/mol. The smallest absolute Gasteiger partial charge is 0.275 e. The number of carbonyl (C=O) groups is 1. The number of benzene rings is 2. The molecule has 10 heteroatoms. The third kappa shape index (κ3) is 4.46. The summed E-state index contributed by atoms with van der Waals surface area (Å²) in [5, 5.41) is 11.0. The van der Waals surface area contributed by atoms with Crippen LogP contribution in [0.1, 0.15) is 11.1 Å². The Morgan fingerprint density at radius 2 is 1.88 bits per heavy atom. The van der Waals surface area contributed by atoms with Gasteiger partial charge >= 0.3 is 0 Å². The zero-order valence-electron chi connectivity index (χ0n) is 13.0. The third-order valence-electron chi connectivity index (χ3n) is 3.38. The van der Waals surface area contributed by atoms with Crippen LogP contribution in [0.5, 0.6) is 0 Å². The van der Waals surface area contributed by atoms with Crippen LogP contribution in [-0.2, 0) is 21.2 Å². The van der Waals surface area contributed by atoms with Crippen molar-refractivity contribution in [1.82, 2.24) is 0 Å². The number of nitro groups is 1. The summed E-state index contributed by atoms with van der Waals surface area (Å²) in [7, 11) is -4.08. The van der Waals surface area contributed by atoms with Crippen LogP contribution in [-0.4, -0.2) is 19.2 Å². The largest absolute Gasteiger partial charge is 0.369 e. The van der Waals surface area contributed by atoms with E-state index < -0.39 is 20.9 Å². The van der Waals surface area contributed by atoms with Gasteiger partial charge in [-0.05, 0) is 30.7 Å². The molecule has 0 atom stereocenters. The zero-order valence-corrected chi connectivity index (χ0v) is 14.6. The van der Waals surface area contributed by atoms with Gasteiger partial charge in [0.2, 0.25) is 5.91 Å². The van der Waals surface area contributed by atoms with Gasteiger partial charge in [-0.2, -0.15) is 0 Å². The lowest BCUT2D eigenvalue weighted by Crippen LogP contribution is -2.15. The molecule has 0 bridgehead atoms. The van der Waals surface area contributed by atoms with E-state index in [1.54, 1.807) is 12.1 Å². The highest BCUT2D eigenvalue weighted by Gasteiger charge is 2.22. The number of nitrogens with two attached hydrogens (primary N) is 1. The first kappa shape index (κ1) is 18.7. The molecule has 0 saturated carbocycles. The number of nitro benzene ring substituents is 1. The van der Waals surface area contributed by atoms with Crippen molar-refractivity contribution in [3.05, 3.63) is 62.7 Å². The number of hydrogen-bond acceptors (Lipinski definition) is 5. The van der Waals surface area contributed by atoms with Crippen LogP contribution in [0.2, 0.25) is 5.02 Å². The van der Waals surface area contributed by atoms with Gasteiger partial charge in [-0.15, -0.1) is 0 Å².